The zero-order chi connectivity index (χ0) is 16.9. The third kappa shape index (κ3) is 3.62. The second kappa shape index (κ2) is 7.53. The van der Waals surface area contributed by atoms with Crippen LogP contribution in [0.25, 0.3) is 11.3 Å². The number of nitrogens with one attached hydrogen (secondary N) is 2. The predicted octanol–water partition coefficient (Wildman–Crippen LogP) is 2.00. The summed E-state index contributed by atoms with van der Waals surface area (Å²) in [6.07, 6.45) is 2.14. The third-order valence-corrected chi connectivity index (χ3v) is 5.05. The highest BCUT2D eigenvalue weighted by Crippen LogP contribution is 2.22. The van der Waals surface area contributed by atoms with Crippen LogP contribution in [0, 0.1) is 0 Å². The Bertz CT molecular complexity index is 700. The molecular formula is C17H20N4O2S. The summed E-state index contributed by atoms with van der Waals surface area (Å²) in [5.74, 6) is 1.21. The first-order valence-electron chi connectivity index (χ1n) is 7.92. The van der Waals surface area contributed by atoms with Gasteiger partial charge < -0.3 is 10.2 Å². The van der Waals surface area contributed by atoms with E-state index in [2.05, 4.69) is 15.5 Å². The number of aromatic nitrogens is 2. The Hall–Kier alpha value is -2.28. The molecule has 0 unspecified atom stereocenters. The average Bonchev–Trinajstić information content (AvgIpc) is 3.30. The molecule has 1 fully saturated rings. The minimum Gasteiger partial charge on any atom is -0.350 e. The van der Waals surface area contributed by atoms with E-state index in [0.29, 0.717) is 24.6 Å². The van der Waals surface area contributed by atoms with Gasteiger partial charge in [0.05, 0.1) is 11.6 Å². The van der Waals surface area contributed by atoms with Gasteiger partial charge in [-0.1, -0.05) is 31.2 Å². The number of carbonyl (C=O) groups is 2. The minimum atomic E-state index is -0.355. The molecule has 0 spiro atoms. The molecule has 24 heavy (non-hydrogen) atoms. The molecule has 2 N–H and O–H groups in total. The Labute approximate surface area is 145 Å². The van der Waals surface area contributed by atoms with Gasteiger partial charge in [0.1, 0.15) is 6.04 Å². The SMILES string of the molecule is CCC(=O)N1CSC[C@H]1C(=O)NCc1ccc(-c2ccn[nH]2)cc1. The second-order valence-electron chi connectivity index (χ2n) is 5.62. The van der Waals surface area contributed by atoms with Crippen molar-refractivity contribution in [1.29, 1.82) is 0 Å². The first-order valence-corrected chi connectivity index (χ1v) is 9.08. The Morgan fingerprint density at radius 3 is 2.79 bits per heavy atom. The maximum Gasteiger partial charge on any atom is 0.243 e. The lowest BCUT2D eigenvalue weighted by Gasteiger charge is -2.22. The lowest BCUT2D eigenvalue weighted by atomic mass is 10.1. The van der Waals surface area contributed by atoms with Gasteiger partial charge in [-0.3, -0.25) is 14.7 Å². The van der Waals surface area contributed by atoms with Crippen molar-refractivity contribution in [1.82, 2.24) is 20.4 Å². The van der Waals surface area contributed by atoms with Crippen LogP contribution in [-0.2, 0) is 16.1 Å². The molecule has 0 radical (unpaired) electrons. The molecule has 1 saturated heterocycles. The van der Waals surface area contributed by atoms with E-state index in [-0.39, 0.29) is 17.9 Å². The molecule has 2 amide bonds. The van der Waals surface area contributed by atoms with Crippen LogP contribution in [0.5, 0.6) is 0 Å². The number of H-pyrrole nitrogens is 1. The van der Waals surface area contributed by atoms with Crippen LogP contribution in [0.1, 0.15) is 18.9 Å². The number of thioether (sulfide) groups is 1. The Morgan fingerprint density at radius 2 is 2.12 bits per heavy atom. The number of rotatable bonds is 5. The fraction of sp³-hybridized carbons (Fsp3) is 0.353. The number of hydrogen-bond donors (Lipinski definition) is 2. The van der Waals surface area contributed by atoms with Crippen molar-refractivity contribution in [2.24, 2.45) is 0 Å². The van der Waals surface area contributed by atoms with Crippen LogP contribution in [0.3, 0.4) is 0 Å². The molecule has 6 nitrogen and oxygen atoms in total. The van der Waals surface area contributed by atoms with Crippen LogP contribution in [0.2, 0.25) is 0 Å². The van der Waals surface area contributed by atoms with Gasteiger partial charge >= 0.3 is 0 Å². The van der Waals surface area contributed by atoms with Crippen molar-refractivity contribution in [2.75, 3.05) is 11.6 Å². The summed E-state index contributed by atoms with van der Waals surface area (Å²) in [6, 6.07) is 9.50. The van der Waals surface area contributed by atoms with Crippen LogP contribution in [0.4, 0.5) is 0 Å². The van der Waals surface area contributed by atoms with Gasteiger partial charge in [-0.05, 0) is 17.2 Å². The lowest BCUT2D eigenvalue weighted by Crippen LogP contribution is -2.46. The van der Waals surface area contributed by atoms with E-state index >= 15 is 0 Å². The molecule has 2 heterocycles. The first-order chi connectivity index (χ1) is 11.7. The first kappa shape index (κ1) is 16.6. The smallest absolute Gasteiger partial charge is 0.243 e. The summed E-state index contributed by atoms with van der Waals surface area (Å²) in [6.45, 7) is 2.28. The van der Waals surface area contributed by atoms with Crippen LogP contribution in [0.15, 0.2) is 36.5 Å². The molecule has 2 aromatic rings. The van der Waals surface area contributed by atoms with Crippen molar-refractivity contribution in [2.45, 2.75) is 25.9 Å². The summed E-state index contributed by atoms with van der Waals surface area (Å²) < 4.78 is 0. The van der Waals surface area contributed by atoms with E-state index in [1.807, 2.05) is 37.3 Å². The molecule has 0 aliphatic carbocycles. The number of aromatic amines is 1. The monoisotopic (exact) mass is 344 g/mol. The van der Waals surface area contributed by atoms with Crippen molar-refractivity contribution < 1.29 is 9.59 Å². The van der Waals surface area contributed by atoms with E-state index in [1.54, 1.807) is 22.9 Å². The molecule has 1 aromatic heterocycles. The maximum absolute atomic E-state index is 12.4. The molecule has 1 aliphatic rings. The van der Waals surface area contributed by atoms with Gasteiger partial charge in [0.25, 0.3) is 0 Å². The molecule has 0 bridgehead atoms. The zero-order valence-corrected chi connectivity index (χ0v) is 14.3. The van der Waals surface area contributed by atoms with E-state index < -0.39 is 0 Å². The fourth-order valence-corrected chi connectivity index (χ4v) is 3.82. The van der Waals surface area contributed by atoms with Crippen molar-refractivity contribution in [3.8, 4) is 11.3 Å². The average molecular weight is 344 g/mol. The van der Waals surface area contributed by atoms with Crippen molar-refractivity contribution in [3.63, 3.8) is 0 Å². The van der Waals surface area contributed by atoms with E-state index in [0.717, 1.165) is 16.8 Å². The van der Waals surface area contributed by atoms with Gasteiger partial charge in [0.15, 0.2) is 0 Å². The number of amides is 2. The van der Waals surface area contributed by atoms with Crippen LogP contribution >= 0.6 is 11.8 Å². The third-order valence-electron chi connectivity index (χ3n) is 4.04. The summed E-state index contributed by atoms with van der Waals surface area (Å²) in [5.41, 5.74) is 3.03. The van der Waals surface area contributed by atoms with Crippen LogP contribution in [-0.4, -0.2) is 44.6 Å². The van der Waals surface area contributed by atoms with Gasteiger partial charge in [-0.2, -0.15) is 5.10 Å². The van der Waals surface area contributed by atoms with E-state index in [4.69, 9.17) is 0 Å². The molecule has 1 aliphatic heterocycles. The number of nitrogens with zero attached hydrogens (tertiary/aromatic N) is 2. The highest BCUT2D eigenvalue weighted by atomic mass is 32.2. The molecular weight excluding hydrogens is 324 g/mol. The topological polar surface area (TPSA) is 78.1 Å². The fourth-order valence-electron chi connectivity index (χ4n) is 2.63. The van der Waals surface area contributed by atoms with Crippen molar-refractivity contribution in [3.05, 3.63) is 42.1 Å². The zero-order valence-electron chi connectivity index (χ0n) is 13.5. The predicted molar refractivity (Wildman–Crippen MR) is 94.1 cm³/mol. The Kier molecular flexibility index (Phi) is 5.20. The van der Waals surface area contributed by atoms with E-state index in [1.165, 1.54) is 0 Å². The van der Waals surface area contributed by atoms with Gasteiger partial charge in [0, 0.05) is 24.9 Å². The normalized spacial score (nSPS) is 17.0. The summed E-state index contributed by atoms with van der Waals surface area (Å²) in [5, 5.41) is 9.80. The molecule has 1 aromatic carbocycles. The Balaban J connectivity index is 1.57. The molecule has 126 valence electrons. The van der Waals surface area contributed by atoms with Crippen LogP contribution < -0.4 is 5.32 Å². The standard InChI is InChI=1S/C17H20N4O2S/c1-2-16(22)21-11-24-10-15(21)17(23)18-9-12-3-5-13(6-4-12)14-7-8-19-20-14/h3-8,15H,2,9-11H2,1H3,(H,18,23)(H,19,20)/t15-/m0/s1. The molecule has 0 saturated carbocycles. The summed E-state index contributed by atoms with van der Waals surface area (Å²) in [7, 11) is 0. The minimum absolute atomic E-state index is 0.0315. The highest BCUT2D eigenvalue weighted by Gasteiger charge is 2.33. The van der Waals surface area contributed by atoms with Gasteiger partial charge in [0.2, 0.25) is 11.8 Å². The van der Waals surface area contributed by atoms with Gasteiger partial charge in [-0.25, -0.2) is 0 Å². The number of benzene rings is 1. The second-order valence-corrected chi connectivity index (χ2v) is 6.62. The van der Waals surface area contributed by atoms with Crippen molar-refractivity contribution >= 4 is 23.6 Å². The number of carbonyl (C=O) groups excluding carboxylic acids is 2. The molecule has 3 rings (SSSR count). The highest BCUT2D eigenvalue weighted by molar-refractivity contribution is 7.99. The summed E-state index contributed by atoms with van der Waals surface area (Å²) in [4.78, 5) is 25.9. The summed E-state index contributed by atoms with van der Waals surface area (Å²) >= 11 is 1.62. The quantitative estimate of drug-likeness (QED) is 0.870. The number of hydrogen-bond acceptors (Lipinski definition) is 4. The largest absolute Gasteiger partial charge is 0.350 e. The Morgan fingerprint density at radius 1 is 1.33 bits per heavy atom. The maximum atomic E-state index is 12.4. The molecule has 7 heteroatoms. The van der Waals surface area contributed by atoms with Gasteiger partial charge in [-0.15, -0.1) is 11.8 Å². The van der Waals surface area contributed by atoms with E-state index in [9.17, 15) is 9.59 Å². The lowest BCUT2D eigenvalue weighted by molar-refractivity contribution is -0.137. The molecule has 1 atom stereocenters.